The Bertz CT molecular complexity index is 319. The van der Waals surface area contributed by atoms with Crippen molar-refractivity contribution in [3.63, 3.8) is 0 Å². The van der Waals surface area contributed by atoms with Crippen molar-refractivity contribution in [2.75, 3.05) is 6.54 Å². The van der Waals surface area contributed by atoms with E-state index in [1.54, 1.807) is 0 Å². The lowest BCUT2D eigenvalue weighted by Gasteiger charge is -2.18. The zero-order valence-corrected chi connectivity index (χ0v) is 13.8. The third-order valence-corrected chi connectivity index (χ3v) is 4.68. The number of unbranched alkanes of at least 4 members (excludes halogenated alkanes) is 6. The quantitative estimate of drug-likeness (QED) is 0.502. The SMILES string of the molecule is CCCCCCCCCC(NCC)c1ccsc1C. The molecule has 0 bridgehead atoms. The molecular weight excluding hydrogens is 250 g/mol. The normalized spacial score (nSPS) is 12.8. The van der Waals surface area contributed by atoms with Crippen LogP contribution in [0, 0.1) is 6.92 Å². The van der Waals surface area contributed by atoms with Gasteiger partial charge in [-0.3, -0.25) is 0 Å². The molecule has 1 atom stereocenters. The van der Waals surface area contributed by atoms with Gasteiger partial charge in [-0.25, -0.2) is 0 Å². The van der Waals surface area contributed by atoms with E-state index in [2.05, 4.69) is 37.5 Å². The Kier molecular flexibility index (Phi) is 9.19. The van der Waals surface area contributed by atoms with Gasteiger partial charge in [0.1, 0.15) is 0 Å². The Morgan fingerprint density at radius 3 is 2.32 bits per heavy atom. The minimum atomic E-state index is 0.576. The number of aryl methyl sites for hydroxylation is 1. The van der Waals surface area contributed by atoms with E-state index in [0.717, 1.165) is 6.54 Å². The molecule has 0 aliphatic rings. The first-order valence-corrected chi connectivity index (χ1v) is 8.94. The maximum Gasteiger partial charge on any atom is 0.0331 e. The second-order valence-corrected chi connectivity index (χ2v) is 6.57. The highest BCUT2D eigenvalue weighted by Crippen LogP contribution is 2.26. The molecule has 0 aliphatic heterocycles. The minimum absolute atomic E-state index is 0.576. The number of hydrogen-bond acceptors (Lipinski definition) is 2. The van der Waals surface area contributed by atoms with Crippen LogP contribution in [0.4, 0.5) is 0 Å². The largest absolute Gasteiger partial charge is 0.310 e. The van der Waals surface area contributed by atoms with Crippen LogP contribution in [0.25, 0.3) is 0 Å². The summed E-state index contributed by atoms with van der Waals surface area (Å²) in [6.45, 7) is 7.80. The van der Waals surface area contributed by atoms with Gasteiger partial charge in [-0.15, -0.1) is 11.3 Å². The first kappa shape index (κ1) is 16.7. The average molecular weight is 282 g/mol. The zero-order chi connectivity index (χ0) is 13.9. The highest BCUT2D eigenvalue weighted by molar-refractivity contribution is 7.10. The summed E-state index contributed by atoms with van der Waals surface area (Å²) in [5.41, 5.74) is 1.53. The summed E-state index contributed by atoms with van der Waals surface area (Å²) in [7, 11) is 0. The van der Waals surface area contributed by atoms with Crippen LogP contribution in [0.1, 0.15) is 81.7 Å². The molecule has 0 aliphatic carbocycles. The zero-order valence-electron chi connectivity index (χ0n) is 13.0. The van der Waals surface area contributed by atoms with Crippen molar-refractivity contribution in [3.05, 3.63) is 21.9 Å². The molecule has 1 aromatic heterocycles. The molecule has 0 saturated carbocycles. The van der Waals surface area contributed by atoms with Gasteiger partial charge in [-0.1, -0.05) is 58.8 Å². The summed E-state index contributed by atoms with van der Waals surface area (Å²) in [5.74, 6) is 0. The van der Waals surface area contributed by atoms with Crippen LogP contribution < -0.4 is 5.32 Å². The van der Waals surface area contributed by atoms with Crippen molar-refractivity contribution < 1.29 is 0 Å². The number of thiophene rings is 1. The van der Waals surface area contributed by atoms with Gasteiger partial charge >= 0.3 is 0 Å². The van der Waals surface area contributed by atoms with Crippen LogP contribution in [-0.4, -0.2) is 6.54 Å². The predicted molar refractivity (Wildman–Crippen MR) is 88.1 cm³/mol. The maximum absolute atomic E-state index is 3.64. The molecule has 110 valence electrons. The van der Waals surface area contributed by atoms with Crippen molar-refractivity contribution >= 4 is 11.3 Å². The van der Waals surface area contributed by atoms with Crippen LogP contribution in [0.2, 0.25) is 0 Å². The molecule has 0 radical (unpaired) electrons. The van der Waals surface area contributed by atoms with Crippen LogP contribution in [0.3, 0.4) is 0 Å². The molecule has 0 aromatic carbocycles. The van der Waals surface area contributed by atoms with E-state index in [-0.39, 0.29) is 0 Å². The van der Waals surface area contributed by atoms with Crippen molar-refractivity contribution in [2.24, 2.45) is 0 Å². The van der Waals surface area contributed by atoms with Crippen LogP contribution in [0.5, 0.6) is 0 Å². The smallest absolute Gasteiger partial charge is 0.0331 e. The molecule has 1 rings (SSSR count). The summed E-state index contributed by atoms with van der Waals surface area (Å²) in [5, 5.41) is 5.87. The van der Waals surface area contributed by atoms with E-state index in [9.17, 15) is 0 Å². The van der Waals surface area contributed by atoms with E-state index in [4.69, 9.17) is 0 Å². The van der Waals surface area contributed by atoms with Crippen molar-refractivity contribution in [1.82, 2.24) is 5.32 Å². The van der Waals surface area contributed by atoms with Gasteiger partial charge in [0.2, 0.25) is 0 Å². The van der Waals surface area contributed by atoms with E-state index in [1.807, 2.05) is 11.3 Å². The van der Waals surface area contributed by atoms with E-state index < -0.39 is 0 Å². The number of rotatable bonds is 11. The Morgan fingerprint density at radius 1 is 1.05 bits per heavy atom. The standard InChI is InChI=1S/C17H31NS/c1-4-6-7-8-9-10-11-12-17(18-5-2)16-13-14-19-15(16)3/h13-14,17-18H,4-12H2,1-3H3. The van der Waals surface area contributed by atoms with Gasteiger partial charge in [0.05, 0.1) is 0 Å². The summed E-state index contributed by atoms with van der Waals surface area (Å²) in [6.07, 6.45) is 11.1. The topological polar surface area (TPSA) is 12.0 Å². The first-order chi connectivity index (χ1) is 9.29. The highest BCUT2D eigenvalue weighted by Gasteiger charge is 2.12. The molecule has 1 unspecified atom stereocenters. The molecule has 0 fully saturated rings. The van der Waals surface area contributed by atoms with Crippen LogP contribution in [-0.2, 0) is 0 Å². The number of hydrogen-bond donors (Lipinski definition) is 1. The van der Waals surface area contributed by atoms with Gasteiger partial charge in [0.15, 0.2) is 0 Å². The molecule has 1 nitrogen and oxygen atoms in total. The monoisotopic (exact) mass is 281 g/mol. The second kappa shape index (κ2) is 10.4. The second-order valence-electron chi connectivity index (χ2n) is 5.45. The Balaban J connectivity index is 2.22. The van der Waals surface area contributed by atoms with Crippen molar-refractivity contribution in [2.45, 2.75) is 78.2 Å². The van der Waals surface area contributed by atoms with Crippen LogP contribution >= 0.6 is 11.3 Å². The summed E-state index contributed by atoms with van der Waals surface area (Å²) >= 11 is 1.87. The lowest BCUT2D eigenvalue weighted by Crippen LogP contribution is -2.20. The molecule has 1 aromatic rings. The fourth-order valence-corrected chi connectivity index (χ4v) is 3.44. The predicted octanol–water partition coefficient (Wildman–Crippen LogP) is 5.85. The fraction of sp³-hybridized carbons (Fsp3) is 0.765. The maximum atomic E-state index is 3.64. The molecular formula is C17H31NS. The molecule has 0 saturated heterocycles. The van der Waals surface area contributed by atoms with Gasteiger partial charge in [-0.2, -0.15) is 0 Å². The van der Waals surface area contributed by atoms with E-state index in [0.29, 0.717) is 6.04 Å². The molecule has 0 amide bonds. The molecule has 19 heavy (non-hydrogen) atoms. The lowest BCUT2D eigenvalue weighted by molar-refractivity contribution is 0.475. The Labute approximate surface area is 123 Å². The van der Waals surface area contributed by atoms with Gasteiger partial charge in [0, 0.05) is 10.9 Å². The van der Waals surface area contributed by atoms with Crippen molar-refractivity contribution in [3.8, 4) is 0 Å². The number of nitrogens with one attached hydrogen (secondary N) is 1. The third-order valence-electron chi connectivity index (χ3n) is 3.82. The van der Waals surface area contributed by atoms with Gasteiger partial charge < -0.3 is 5.32 Å². The Morgan fingerprint density at radius 2 is 1.74 bits per heavy atom. The lowest BCUT2D eigenvalue weighted by atomic mass is 10.00. The molecule has 1 heterocycles. The average Bonchev–Trinajstić information content (AvgIpc) is 2.82. The van der Waals surface area contributed by atoms with Crippen molar-refractivity contribution in [1.29, 1.82) is 0 Å². The fourth-order valence-electron chi connectivity index (χ4n) is 2.68. The minimum Gasteiger partial charge on any atom is -0.310 e. The summed E-state index contributed by atoms with van der Waals surface area (Å²) < 4.78 is 0. The highest BCUT2D eigenvalue weighted by atomic mass is 32.1. The van der Waals surface area contributed by atoms with Gasteiger partial charge in [-0.05, 0) is 36.9 Å². The molecule has 1 N–H and O–H groups in total. The summed E-state index contributed by atoms with van der Waals surface area (Å²) in [6, 6.07) is 2.88. The molecule has 2 heteroatoms. The Hall–Kier alpha value is -0.340. The third kappa shape index (κ3) is 6.58. The van der Waals surface area contributed by atoms with Crippen LogP contribution in [0.15, 0.2) is 11.4 Å². The van der Waals surface area contributed by atoms with Gasteiger partial charge in [0.25, 0.3) is 0 Å². The first-order valence-electron chi connectivity index (χ1n) is 8.07. The summed E-state index contributed by atoms with van der Waals surface area (Å²) in [4.78, 5) is 1.48. The molecule has 0 spiro atoms. The van der Waals surface area contributed by atoms with E-state index in [1.165, 1.54) is 61.8 Å². The van der Waals surface area contributed by atoms with E-state index >= 15 is 0 Å².